The number of hydrogen-bond donors (Lipinski definition) is 3. The lowest BCUT2D eigenvalue weighted by molar-refractivity contribution is -0.154. The highest BCUT2D eigenvalue weighted by atomic mass is 127. The van der Waals surface area contributed by atoms with Crippen molar-refractivity contribution in [3.63, 3.8) is 0 Å². The number of aromatic amines is 1. The van der Waals surface area contributed by atoms with Crippen molar-refractivity contribution in [2.45, 2.75) is 19.1 Å². The highest BCUT2D eigenvalue weighted by molar-refractivity contribution is 14.0. The number of nitrogens with one attached hydrogen (secondary N) is 3. The van der Waals surface area contributed by atoms with Gasteiger partial charge in [-0.3, -0.25) is 4.99 Å². The zero-order chi connectivity index (χ0) is 20.7. The highest BCUT2D eigenvalue weighted by Crippen LogP contribution is 2.20. The maximum atomic E-state index is 12.4. The Bertz CT molecular complexity index is 974. The van der Waals surface area contributed by atoms with Gasteiger partial charge in [-0.25, -0.2) is 4.98 Å². The van der Waals surface area contributed by atoms with Crippen LogP contribution < -0.4 is 15.4 Å². The number of halogens is 4. The van der Waals surface area contributed by atoms with Crippen molar-refractivity contribution in [3.05, 3.63) is 59.9 Å². The Morgan fingerprint density at radius 3 is 2.70 bits per heavy atom. The van der Waals surface area contributed by atoms with Crippen molar-refractivity contribution >= 4 is 40.8 Å². The second kappa shape index (κ2) is 11.0. The minimum Gasteiger partial charge on any atom is -0.468 e. The predicted octanol–water partition coefficient (Wildman–Crippen LogP) is 4.03. The number of aliphatic imine (C=N–C) groups is 1. The van der Waals surface area contributed by atoms with E-state index in [0.29, 0.717) is 18.1 Å². The number of H-pyrrole nitrogens is 1. The summed E-state index contributed by atoms with van der Waals surface area (Å²) in [6.07, 6.45) is -0.244. The molecule has 3 rings (SSSR count). The first-order valence-electron chi connectivity index (χ1n) is 9.09. The van der Waals surface area contributed by atoms with Gasteiger partial charge in [0.2, 0.25) is 5.88 Å². The Morgan fingerprint density at radius 2 is 1.93 bits per heavy atom. The summed E-state index contributed by atoms with van der Waals surface area (Å²) in [5.74, 6) is 0.488. The summed E-state index contributed by atoms with van der Waals surface area (Å²) < 4.78 is 42.0. The van der Waals surface area contributed by atoms with E-state index in [9.17, 15) is 13.2 Å². The normalized spacial score (nSPS) is 11.8. The standard InChI is InChI=1S/C20H22F3N5O.HI/c1-24-19(26-10-8-14-11-27-17-7-3-2-6-16(14)17)28-12-15-5-4-9-25-18(15)29-13-20(21,22)23;/h2-7,9,11,27H,8,10,12-13H2,1H3,(H2,24,26,28);1H. The lowest BCUT2D eigenvalue weighted by Gasteiger charge is -2.14. The van der Waals surface area contributed by atoms with Gasteiger partial charge in [-0.2, -0.15) is 13.2 Å². The van der Waals surface area contributed by atoms with Crippen molar-refractivity contribution in [1.29, 1.82) is 0 Å². The molecule has 0 atom stereocenters. The topological polar surface area (TPSA) is 74.3 Å². The predicted molar refractivity (Wildman–Crippen MR) is 121 cm³/mol. The number of nitrogens with zero attached hydrogens (tertiary/aromatic N) is 2. The maximum absolute atomic E-state index is 12.4. The molecule has 2 aromatic heterocycles. The molecule has 0 aliphatic heterocycles. The molecule has 162 valence electrons. The van der Waals surface area contributed by atoms with Gasteiger partial charge in [-0.1, -0.05) is 24.3 Å². The van der Waals surface area contributed by atoms with E-state index in [0.717, 1.165) is 11.9 Å². The molecule has 0 unspecified atom stereocenters. The average molecular weight is 533 g/mol. The number of pyridine rings is 1. The molecule has 6 nitrogen and oxygen atoms in total. The lowest BCUT2D eigenvalue weighted by atomic mass is 10.1. The monoisotopic (exact) mass is 533 g/mol. The fraction of sp³-hybridized carbons (Fsp3) is 0.300. The Balaban J connectivity index is 0.00000320. The van der Waals surface area contributed by atoms with E-state index in [-0.39, 0.29) is 36.4 Å². The maximum Gasteiger partial charge on any atom is 0.422 e. The molecule has 0 bridgehead atoms. The van der Waals surface area contributed by atoms with E-state index in [1.54, 1.807) is 19.2 Å². The quantitative estimate of drug-likeness (QED) is 0.244. The molecule has 10 heteroatoms. The van der Waals surface area contributed by atoms with Gasteiger partial charge in [-0.15, -0.1) is 24.0 Å². The molecular weight excluding hydrogens is 510 g/mol. The summed E-state index contributed by atoms with van der Waals surface area (Å²) in [7, 11) is 1.63. The summed E-state index contributed by atoms with van der Waals surface area (Å²) in [5.41, 5.74) is 2.79. The smallest absolute Gasteiger partial charge is 0.422 e. The van der Waals surface area contributed by atoms with Crippen LogP contribution in [0.2, 0.25) is 0 Å². The molecule has 0 spiro atoms. The van der Waals surface area contributed by atoms with Gasteiger partial charge in [0.05, 0.1) is 0 Å². The van der Waals surface area contributed by atoms with Crippen LogP contribution in [0.3, 0.4) is 0 Å². The summed E-state index contributed by atoms with van der Waals surface area (Å²) >= 11 is 0. The number of guanidine groups is 1. The molecule has 0 amide bonds. The minimum absolute atomic E-state index is 0. The van der Waals surface area contributed by atoms with Gasteiger partial charge in [-0.05, 0) is 24.1 Å². The van der Waals surface area contributed by atoms with Gasteiger partial charge in [0.1, 0.15) is 0 Å². The van der Waals surface area contributed by atoms with Crippen LogP contribution in [0.1, 0.15) is 11.1 Å². The van der Waals surface area contributed by atoms with Gasteiger partial charge in [0.15, 0.2) is 12.6 Å². The number of benzene rings is 1. The molecule has 0 fully saturated rings. The molecule has 2 heterocycles. The first kappa shape index (κ1) is 23.8. The number of alkyl halides is 3. The van der Waals surface area contributed by atoms with E-state index in [1.165, 1.54) is 17.1 Å². The number of aromatic nitrogens is 2. The van der Waals surface area contributed by atoms with Crippen molar-refractivity contribution in [2.24, 2.45) is 4.99 Å². The third-order valence-electron chi connectivity index (χ3n) is 4.25. The molecule has 1 aromatic carbocycles. The average Bonchev–Trinajstić information content (AvgIpc) is 3.12. The molecule has 3 N–H and O–H groups in total. The molecule has 0 aliphatic carbocycles. The minimum atomic E-state index is -4.41. The molecule has 0 saturated heterocycles. The lowest BCUT2D eigenvalue weighted by Crippen LogP contribution is -2.38. The van der Waals surface area contributed by atoms with Gasteiger partial charge < -0.3 is 20.4 Å². The van der Waals surface area contributed by atoms with Gasteiger partial charge >= 0.3 is 6.18 Å². The number of rotatable bonds is 7. The highest BCUT2D eigenvalue weighted by Gasteiger charge is 2.29. The van der Waals surface area contributed by atoms with E-state index < -0.39 is 12.8 Å². The van der Waals surface area contributed by atoms with Gasteiger partial charge in [0, 0.05) is 49.0 Å². The Kier molecular flexibility index (Phi) is 8.75. The molecule has 0 aliphatic rings. The molecule has 30 heavy (non-hydrogen) atoms. The SMILES string of the molecule is CN=C(NCCc1c[nH]c2ccccc12)NCc1cccnc1OCC(F)(F)F.I. The third kappa shape index (κ3) is 6.78. The van der Waals surface area contributed by atoms with Crippen molar-refractivity contribution in [1.82, 2.24) is 20.6 Å². The summed E-state index contributed by atoms with van der Waals surface area (Å²) in [6.45, 7) is -0.506. The summed E-state index contributed by atoms with van der Waals surface area (Å²) in [4.78, 5) is 11.3. The van der Waals surface area contributed by atoms with Crippen molar-refractivity contribution < 1.29 is 17.9 Å². The van der Waals surface area contributed by atoms with Crippen LogP contribution in [0.15, 0.2) is 53.8 Å². The number of hydrogen-bond acceptors (Lipinski definition) is 3. The van der Waals surface area contributed by atoms with Crippen LogP contribution in [0, 0.1) is 0 Å². The van der Waals surface area contributed by atoms with E-state index in [1.807, 2.05) is 24.4 Å². The number of para-hydroxylation sites is 1. The molecule has 3 aromatic rings. The second-order valence-corrected chi connectivity index (χ2v) is 6.33. The van der Waals surface area contributed by atoms with Crippen LogP contribution in [0.25, 0.3) is 10.9 Å². The van der Waals surface area contributed by atoms with E-state index in [2.05, 4.69) is 31.7 Å². The zero-order valence-corrected chi connectivity index (χ0v) is 18.6. The third-order valence-corrected chi connectivity index (χ3v) is 4.25. The van der Waals surface area contributed by atoms with Crippen LogP contribution in [0.4, 0.5) is 13.2 Å². The Morgan fingerprint density at radius 1 is 1.13 bits per heavy atom. The fourth-order valence-corrected chi connectivity index (χ4v) is 2.89. The zero-order valence-electron chi connectivity index (χ0n) is 16.3. The fourth-order valence-electron chi connectivity index (χ4n) is 2.89. The largest absolute Gasteiger partial charge is 0.468 e. The number of fused-ring (bicyclic) bond motifs is 1. The summed E-state index contributed by atoms with van der Waals surface area (Å²) in [6, 6.07) is 11.4. The van der Waals surface area contributed by atoms with Gasteiger partial charge in [0.25, 0.3) is 0 Å². The second-order valence-electron chi connectivity index (χ2n) is 6.33. The Hall–Kier alpha value is -2.50. The van der Waals surface area contributed by atoms with Crippen LogP contribution in [-0.2, 0) is 13.0 Å². The molecule has 0 radical (unpaired) electrons. The first-order valence-corrected chi connectivity index (χ1v) is 9.09. The number of ether oxygens (including phenoxy) is 1. The molecular formula is C20H23F3IN5O. The van der Waals surface area contributed by atoms with E-state index in [4.69, 9.17) is 4.74 Å². The van der Waals surface area contributed by atoms with E-state index >= 15 is 0 Å². The Labute approximate surface area is 189 Å². The van der Waals surface area contributed by atoms with Crippen LogP contribution >= 0.6 is 24.0 Å². The van der Waals surface area contributed by atoms with Crippen molar-refractivity contribution in [3.8, 4) is 5.88 Å². The first-order chi connectivity index (χ1) is 14.0. The van der Waals surface area contributed by atoms with Crippen molar-refractivity contribution in [2.75, 3.05) is 20.2 Å². The molecule has 0 saturated carbocycles. The summed E-state index contributed by atoms with van der Waals surface area (Å²) in [5, 5.41) is 7.45. The van der Waals surface area contributed by atoms with Crippen LogP contribution in [0.5, 0.6) is 5.88 Å². The van der Waals surface area contributed by atoms with Crippen LogP contribution in [-0.4, -0.2) is 42.3 Å².